The number of benzene rings is 1. The molecule has 1 N–H and O–H groups in total. The van der Waals surface area contributed by atoms with Crippen molar-refractivity contribution in [3.8, 4) is 5.75 Å². The summed E-state index contributed by atoms with van der Waals surface area (Å²) in [6.07, 6.45) is 6.72. The molecule has 1 aliphatic carbocycles. The van der Waals surface area contributed by atoms with Crippen LogP contribution >= 0.6 is 0 Å². The molecule has 1 aromatic carbocycles. The summed E-state index contributed by atoms with van der Waals surface area (Å²) in [5, 5.41) is 3.54. The molecule has 0 bridgehead atoms. The number of ether oxygens (including phenoxy) is 1. The molecule has 25 heavy (non-hydrogen) atoms. The molecule has 0 amide bonds. The number of nitrogens with zero attached hydrogens (tertiary/aromatic N) is 2. The topological polar surface area (TPSA) is 36.9 Å². The summed E-state index contributed by atoms with van der Waals surface area (Å²) in [7, 11) is 0. The largest absolute Gasteiger partial charge is 0.493 e. The zero-order valence-corrected chi connectivity index (χ0v) is 15.4. The molecule has 2 fully saturated rings. The summed E-state index contributed by atoms with van der Waals surface area (Å²) in [6, 6.07) is 8.45. The molecule has 0 aromatic heterocycles. The van der Waals surface area contributed by atoms with Crippen LogP contribution in [-0.4, -0.2) is 43.6 Å². The van der Waals surface area contributed by atoms with Crippen molar-refractivity contribution in [1.82, 2.24) is 10.2 Å². The minimum absolute atomic E-state index is 0.475. The number of nitrogens with one attached hydrogen (secondary N) is 1. The standard InChI is InChI=1S/C21H31N3O/c1-2-22-21(24-14-17-7-3-4-8-18(17)15-24)23-13-16-11-12-25-20-10-6-5-9-19(16)20/h5-6,9-10,16-18H,2-4,7-8,11-15H2,1H3,(H,22,23). The smallest absolute Gasteiger partial charge is 0.193 e. The first-order valence-corrected chi connectivity index (χ1v) is 10.1. The summed E-state index contributed by atoms with van der Waals surface area (Å²) in [6.45, 7) is 7.16. The molecule has 3 unspecified atom stereocenters. The van der Waals surface area contributed by atoms with Crippen molar-refractivity contribution in [3.05, 3.63) is 29.8 Å². The van der Waals surface area contributed by atoms with E-state index in [1.165, 1.54) is 44.3 Å². The van der Waals surface area contributed by atoms with E-state index in [2.05, 4.69) is 41.4 Å². The van der Waals surface area contributed by atoms with Crippen LogP contribution in [0.25, 0.3) is 0 Å². The Morgan fingerprint density at radius 3 is 2.68 bits per heavy atom. The number of guanidine groups is 1. The van der Waals surface area contributed by atoms with Gasteiger partial charge in [0.05, 0.1) is 6.61 Å². The van der Waals surface area contributed by atoms with E-state index in [1.807, 2.05) is 0 Å². The van der Waals surface area contributed by atoms with Crippen LogP contribution in [0.1, 0.15) is 50.5 Å². The van der Waals surface area contributed by atoms with Gasteiger partial charge in [-0.2, -0.15) is 0 Å². The van der Waals surface area contributed by atoms with Crippen LogP contribution in [0.5, 0.6) is 5.75 Å². The maximum Gasteiger partial charge on any atom is 0.193 e. The van der Waals surface area contributed by atoms with E-state index < -0.39 is 0 Å². The third-order valence-corrected chi connectivity index (χ3v) is 6.15. The summed E-state index contributed by atoms with van der Waals surface area (Å²) in [5.74, 6) is 4.43. The first kappa shape index (κ1) is 16.7. The number of para-hydroxylation sites is 1. The van der Waals surface area contributed by atoms with Crippen molar-refractivity contribution in [1.29, 1.82) is 0 Å². The fourth-order valence-electron chi connectivity index (χ4n) is 4.81. The highest BCUT2D eigenvalue weighted by atomic mass is 16.5. The lowest BCUT2D eigenvalue weighted by Gasteiger charge is -2.26. The Labute approximate surface area is 151 Å². The predicted molar refractivity (Wildman–Crippen MR) is 102 cm³/mol. The van der Waals surface area contributed by atoms with E-state index in [-0.39, 0.29) is 0 Å². The van der Waals surface area contributed by atoms with Crippen LogP contribution in [0.2, 0.25) is 0 Å². The molecular weight excluding hydrogens is 310 g/mol. The van der Waals surface area contributed by atoms with Crippen molar-refractivity contribution in [3.63, 3.8) is 0 Å². The molecular formula is C21H31N3O. The normalized spacial score (nSPS) is 28.9. The molecule has 4 rings (SSSR count). The predicted octanol–water partition coefficient (Wildman–Crippen LogP) is 3.64. The number of likely N-dealkylation sites (tertiary alicyclic amines) is 1. The van der Waals surface area contributed by atoms with Gasteiger partial charge in [-0.3, -0.25) is 4.99 Å². The van der Waals surface area contributed by atoms with E-state index in [0.717, 1.165) is 49.7 Å². The molecule has 1 aromatic rings. The number of aliphatic imine (C=N–C) groups is 1. The van der Waals surface area contributed by atoms with E-state index >= 15 is 0 Å². The highest BCUT2D eigenvalue weighted by Crippen LogP contribution is 2.36. The maximum absolute atomic E-state index is 5.80. The molecule has 3 atom stereocenters. The molecule has 2 heterocycles. The SMILES string of the molecule is CCNC(=NCC1CCOc2ccccc21)N1CC2CCCCC2C1. The number of rotatable bonds is 3. The van der Waals surface area contributed by atoms with Gasteiger partial charge >= 0.3 is 0 Å². The summed E-state index contributed by atoms with van der Waals surface area (Å²) < 4.78 is 5.80. The van der Waals surface area contributed by atoms with Crippen molar-refractivity contribution < 1.29 is 4.74 Å². The van der Waals surface area contributed by atoms with Crippen LogP contribution in [0.15, 0.2) is 29.3 Å². The molecule has 4 heteroatoms. The molecule has 136 valence electrons. The van der Waals surface area contributed by atoms with Gasteiger partial charge in [-0.1, -0.05) is 31.0 Å². The molecule has 0 radical (unpaired) electrons. The van der Waals surface area contributed by atoms with Gasteiger partial charge in [0.2, 0.25) is 0 Å². The van der Waals surface area contributed by atoms with E-state index in [4.69, 9.17) is 9.73 Å². The second-order valence-electron chi connectivity index (χ2n) is 7.78. The second-order valence-corrected chi connectivity index (χ2v) is 7.78. The summed E-state index contributed by atoms with van der Waals surface area (Å²) in [5.41, 5.74) is 1.32. The Morgan fingerprint density at radius 1 is 1.16 bits per heavy atom. The first-order chi connectivity index (χ1) is 12.3. The molecule has 0 spiro atoms. The monoisotopic (exact) mass is 341 g/mol. The lowest BCUT2D eigenvalue weighted by atomic mass is 9.82. The van der Waals surface area contributed by atoms with Crippen LogP contribution < -0.4 is 10.1 Å². The Hall–Kier alpha value is -1.71. The Morgan fingerprint density at radius 2 is 1.92 bits per heavy atom. The second kappa shape index (κ2) is 7.67. The summed E-state index contributed by atoms with van der Waals surface area (Å²) in [4.78, 5) is 7.58. The lowest BCUT2D eigenvalue weighted by Crippen LogP contribution is -2.40. The Balaban J connectivity index is 1.46. The Bertz CT molecular complexity index is 601. The molecule has 3 aliphatic rings. The first-order valence-electron chi connectivity index (χ1n) is 10.1. The minimum Gasteiger partial charge on any atom is -0.493 e. The van der Waals surface area contributed by atoms with Gasteiger partial charge in [-0.05, 0) is 49.7 Å². The van der Waals surface area contributed by atoms with Gasteiger partial charge < -0.3 is 15.0 Å². The zero-order valence-electron chi connectivity index (χ0n) is 15.4. The van der Waals surface area contributed by atoms with Crippen LogP contribution in [0.4, 0.5) is 0 Å². The van der Waals surface area contributed by atoms with Gasteiger partial charge in [0.25, 0.3) is 0 Å². The van der Waals surface area contributed by atoms with Crippen molar-refractivity contribution in [2.24, 2.45) is 16.8 Å². The molecule has 1 saturated heterocycles. The van der Waals surface area contributed by atoms with E-state index in [9.17, 15) is 0 Å². The summed E-state index contributed by atoms with van der Waals surface area (Å²) >= 11 is 0. The van der Waals surface area contributed by atoms with Crippen LogP contribution in [0, 0.1) is 11.8 Å². The van der Waals surface area contributed by atoms with E-state index in [1.54, 1.807) is 0 Å². The van der Waals surface area contributed by atoms with Gasteiger partial charge in [-0.25, -0.2) is 0 Å². The van der Waals surface area contributed by atoms with Crippen LogP contribution in [-0.2, 0) is 0 Å². The minimum atomic E-state index is 0.475. The average molecular weight is 341 g/mol. The number of fused-ring (bicyclic) bond motifs is 2. The molecule has 4 nitrogen and oxygen atoms in total. The fourth-order valence-corrected chi connectivity index (χ4v) is 4.81. The lowest BCUT2D eigenvalue weighted by molar-refractivity contribution is 0.268. The molecule has 1 saturated carbocycles. The average Bonchev–Trinajstić information content (AvgIpc) is 3.09. The molecule has 2 aliphatic heterocycles. The third-order valence-electron chi connectivity index (χ3n) is 6.15. The van der Waals surface area contributed by atoms with Crippen LogP contribution in [0.3, 0.4) is 0 Å². The van der Waals surface area contributed by atoms with E-state index in [0.29, 0.717) is 5.92 Å². The van der Waals surface area contributed by atoms with Crippen molar-refractivity contribution >= 4 is 5.96 Å². The number of hydrogen-bond acceptors (Lipinski definition) is 2. The van der Waals surface area contributed by atoms with Crippen molar-refractivity contribution in [2.45, 2.75) is 44.9 Å². The fraction of sp³-hybridized carbons (Fsp3) is 0.667. The Kier molecular flexibility index (Phi) is 5.14. The van der Waals surface area contributed by atoms with Gasteiger partial charge in [-0.15, -0.1) is 0 Å². The third kappa shape index (κ3) is 3.63. The van der Waals surface area contributed by atoms with Gasteiger partial charge in [0.15, 0.2) is 5.96 Å². The number of hydrogen-bond donors (Lipinski definition) is 1. The van der Waals surface area contributed by atoms with Gasteiger partial charge in [0, 0.05) is 32.1 Å². The maximum atomic E-state index is 5.80. The zero-order chi connectivity index (χ0) is 17.1. The highest BCUT2D eigenvalue weighted by Gasteiger charge is 2.35. The highest BCUT2D eigenvalue weighted by molar-refractivity contribution is 5.80. The van der Waals surface area contributed by atoms with Gasteiger partial charge in [0.1, 0.15) is 5.75 Å². The quantitative estimate of drug-likeness (QED) is 0.674. The van der Waals surface area contributed by atoms with Crippen molar-refractivity contribution in [2.75, 3.05) is 32.8 Å².